The molecule has 2 aromatic rings. The van der Waals surface area contributed by atoms with E-state index in [0.717, 1.165) is 17.1 Å². The lowest BCUT2D eigenvalue weighted by Crippen LogP contribution is -2.19. The number of rotatable bonds is 5. The summed E-state index contributed by atoms with van der Waals surface area (Å²) in [7, 11) is 3.85. The molecule has 0 aliphatic carbocycles. The Morgan fingerprint density at radius 3 is 2.65 bits per heavy atom. The lowest BCUT2D eigenvalue weighted by molar-refractivity contribution is 0.276. The van der Waals surface area contributed by atoms with Gasteiger partial charge in [-0.15, -0.1) is 0 Å². The van der Waals surface area contributed by atoms with Crippen molar-refractivity contribution in [1.29, 1.82) is 0 Å². The summed E-state index contributed by atoms with van der Waals surface area (Å²) in [5.41, 5.74) is 2.61. The van der Waals surface area contributed by atoms with Gasteiger partial charge in [-0.2, -0.15) is 5.10 Å². The fourth-order valence-corrected chi connectivity index (χ4v) is 2.05. The molecule has 0 fully saturated rings. The first-order valence-corrected chi connectivity index (χ1v) is 6.66. The molecule has 2 heterocycles. The summed E-state index contributed by atoms with van der Waals surface area (Å²) < 4.78 is 1.77. The zero-order valence-corrected chi connectivity index (χ0v) is 12.4. The maximum atomic E-state index is 9.51. The lowest BCUT2D eigenvalue weighted by Gasteiger charge is -2.21. The molecule has 0 saturated heterocycles. The number of hydrogen-bond donors (Lipinski definition) is 1. The minimum Gasteiger partial charge on any atom is -0.390 e. The highest BCUT2D eigenvalue weighted by Gasteiger charge is 2.13. The fourth-order valence-electron chi connectivity index (χ4n) is 2.05. The van der Waals surface area contributed by atoms with E-state index in [9.17, 15) is 5.11 Å². The Morgan fingerprint density at radius 2 is 2.10 bits per heavy atom. The summed E-state index contributed by atoms with van der Waals surface area (Å²) in [4.78, 5) is 10.8. The Labute approximate surface area is 119 Å². The monoisotopic (exact) mass is 275 g/mol. The van der Waals surface area contributed by atoms with Crippen molar-refractivity contribution in [2.24, 2.45) is 7.05 Å². The molecule has 108 valence electrons. The van der Waals surface area contributed by atoms with Gasteiger partial charge in [0.15, 0.2) is 0 Å². The molecule has 0 aliphatic rings. The molecule has 2 aromatic heterocycles. The maximum absolute atomic E-state index is 9.51. The second-order valence-corrected chi connectivity index (χ2v) is 5.25. The highest BCUT2D eigenvalue weighted by Crippen LogP contribution is 2.21. The van der Waals surface area contributed by atoms with Crippen LogP contribution in [0.3, 0.4) is 0 Å². The zero-order chi connectivity index (χ0) is 14.7. The SMILES string of the molecule is CC(C)c1ncc(N(C)Cc2cnn(C)c2)c(CO)n1. The van der Waals surface area contributed by atoms with Gasteiger partial charge >= 0.3 is 0 Å². The van der Waals surface area contributed by atoms with Crippen LogP contribution in [-0.4, -0.2) is 31.9 Å². The Morgan fingerprint density at radius 1 is 1.35 bits per heavy atom. The standard InChI is InChI=1S/C14H21N5O/c1-10(2)14-15-6-13(12(9-20)17-14)18(3)7-11-5-16-19(4)8-11/h5-6,8,10,20H,7,9H2,1-4H3. The Bertz CT molecular complexity index is 579. The first-order chi connectivity index (χ1) is 9.51. The van der Waals surface area contributed by atoms with Crippen molar-refractivity contribution in [1.82, 2.24) is 19.7 Å². The third-order valence-electron chi connectivity index (χ3n) is 3.12. The van der Waals surface area contributed by atoms with Gasteiger partial charge in [0.25, 0.3) is 0 Å². The van der Waals surface area contributed by atoms with Crippen molar-refractivity contribution in [3.63, 3.8) is 0 Å². The summed E-state index contributed by atoms with van der Waals surface area (Å²) in [6.45, 7) is 4.69. The molecule has 0 bridgehead atoms. The van der Waals surface area contributed by atoms with Crippen LogP contribution in [-0.2, 0) is 20.2 Å². The predicted molar refractivity (Wildman–Crippen MR) is 77.4 cm³/mol. The van der Waals surface area contributed by atoms with E-state index >= 15 is 0 Å². The summed E-state index contributed by atoms with van der Waals surface area (Å²) in [6, 6.07) is 0. The topological polar surface area (TPSA) is 67.1 Å². The number of nitrogens with zero attached hydrogens (tertiary/aromatic N) is 5. The molecule has 0 aliphatic heterocycles. The van der Waals surface area contributed by atoms with Crippen LogP contribution < -0.4 is 4.90 Å². The minimum absolute atomic E-state index is 0.0883. The van der Waals surface area contributed by atoms with Crippen molar-refractivity contribution in [2.45, 2.75) is 32.9 Å². The van der Waals surface area contributed by atoms with E-state index in [1.807, 2.05) is 45.2 Å². The molecule has 20 heavy (non-hydrogen) atoms. The Balaban J connectivity index is 2.22. The van der Waals surface area contributed by atoms with Crippen LogP contribution in [0.25, 0.3) is 0 Å². The molecule has 6 nitrogen and oxygen atoms in total. The lowest BCUT2D eigenvalue weighted by atomic mass is 10.2. The molecule has 0 aromatic carbocycles. The molecule has 0 saturated carbocycles. The largest absolute Gasteiger partial charge is 0.390 e. The second-order valence-electron chi connectivity index (χ2n) is 5.25. The van der Waals surface area contributed by atoms with E-state index in [4.69, 9.17) is 0 Å². The number of aliphatic hydroxyl groups is 1. The van der Waals surface area contributed by atoms with Crippen LogP contribution in [0.5, 0.6) is 0 Å². The van der Waals surface area contributed by atoms with E-state index in [1.54, 1.807) is 10.9 Å². The fraction of sp³-hybridized carbons (Fsp3) is 0.500. The molecule has 0 atom stereocenters. The highest BCUT2D eigenvalue weighted by molar-refractivity contribution is 5.48. The smallest absolute Gasteiger partial charge is 0.131 e. The quantitative estimate of drug-likeness (QED) is 0.895. The number of aromatic nitrogens is 4. The molecule has 0 radical (unpaired) electrons. The second kappa shape index (κ2) is 6.00. The molecule has 0 spiro atoms. The first kappa shape index (κ1) is 14.5. The van der Waals surface area contributed by atoms with Crippen LogP contribution in [0, 0.1) is 0 Å². The molecule has 0 amide bonds. The summed E-state index contributed by atoms with van der Waals surface area (Å²) in [5.74, 6) is 1.01. The van der Waals surface area contributed by atoms with Gasteiger partial charge in [-0.3, -0.25) is 4.68 Å². The molecular formula is C14H21N5O. The van der Waals surface area contributed by atoms with Crippen molar-refractivity contribution >= 4 is 5.69 Å². The zero-order valence-electron chi connectivity index (χ0n) is 12.4. The molecule has 0 unspecified atom stereocenters. The molecule has 1 N–H and O–H groups in total. The van der Waals surface area contributed by atoms with Crippen LogP contribution in [0.4, 0.5) is 5.69 Å². The normalized spacial score (nSPS) is 11.1. The third-order valence-corrected chi connectivity index (χ3v) is 3.12. The minimum atomic E-state index is -0.0883. The third kappa shape index (κ3) is 3.14. The number of aliphatic hydroxyl groups excluding tert-OH is 1. The van der Waals surface area contributed by atoms with Crippen molar-refractivity contribution in [3.05, 3.63) is 35.7 Å². The Kier molecular flexibility index (Phi) is 4.34. The molecule has 6 heteroatoms. The van der Waals surface area contributed by atoms with Gasteiger partial charge < -0.3 is 10.0 Å². The average molecular weight is 275 g/mol. The van der Waals surface area contributed by atoms with Crippen LogP contribution in [0.1, 0.15) is 36.8 Å². The van der Waals surface area contributed by atoms with Crippen LogP contribution >= 0.6 is 0 Å². The maximum Gasteiger partial charge on any atom is 0.131 e. The first-order valence-electron chi connectivity index (χ1n) is 6.66. The van der Waals surface area contributed by atoms with Gasteiger partial charge in [0.1, 0.15) is 5.82 Å². The van der Waals surface area contributed by atoms with E-state index in [0.29, 0.717) is 12.2 Å². The van der Waals surface area contributed by atoms with Crippen molar-refractivity contribution in [2.75, 3.05) is 11.9 Å². The predicted octanol–water partition coefficient (Wildman–Crippen LogP) is 1.46. The van der Waals surface area contributed by atoms with Crippen LogP contribution in [0.15, 0.2) is 18.6 Å². The van der Waals surface area contributed by atoms with E-state index < -0.39 is 0 Å². The van der Waals surface area contributed by atoms with Crippen LogP contribution in [0.2, 0.25) is 0 Å². The highest BCUT2D eigenvalue weighted by atomic mass is 16.3. The van der Waals surface area contributed by atoms with E-state index in [2.05, 4.69) is 15.1 Å². The van der Waals surface area contributed by atoms with Crippen molar-refractivity contribution < 1.29 is 5.11 Å². The summed E-state index contributed by atoms with van der Waals surface area (Å²) in [5, 5.41) is 13.7. The van der Waals surface area contributed by atoms with Gasteiger partial charge in [0.2, 0.25) is 0 Å². The average Bonchev–Trinajstić information content (AvgIpc) is 2.83. The van der Waals surface area contributed by atoms with E-state index in [1.165, 1.54) is 0 Å². The Hall–Kier alpha value is -1.95. The van der Waals surface area contributed by atoms with E-state index in [-0.39, 0.29) is 12.5 Å². The van der Waals surface area contributed by atoms with Crippen molar-refractivity contribution in [3.8, 4) is 0 Å². The molecular weight excluding hydrogens is 254 g/mol. The van der Waals surface area contributed by atoms with Gasteiger partial charge in [0.05, 0.1) is 30.4 Å². The summed E-state index contributed by atoms with van der Waals surface area (Å²) >= 11 is 0. The number of aryl methyl sites for hydroxylation is 1. The number of hydrogen-bond acceptors (Lipinski definition) is 5. The molecule has 2 rings (SSSR count). The van der Waals surface area contributed by atoms with Gasteiger partial charge in [-0.1, -0.05) is 13.8 Å². The summed E-state index contributed by atoms with van der Waals surface area (Å²) in [6.07, 6.45) is 5.58. The van der Waals surface area contributed by atoms with Gasteiger partial charge in [0, 0.05) is 38.3 Å². The van der Waals surface area contributed by atoms with Gasteiger partial charge in [-0.25, -0.2) is 9.97 Å². The van der Waals surface area contributed by atoms with Gasteiger partial charge in [-0.05, 0) is 0 Å². The number of anilines is 1.